The maximum absolute atomic E-state index is 12.4. The molecule has 1 saturated heterocycles. The van der Waals surface area contributed by atoms with Gasteiger partial charge in [0.15, 0.2) is 0 Å². The molecule has 0 aliphatic carbocycles. The number of carbonyl (C=O) groups excluding carboxylic acids is 2. The number of likely N-dealkylation sites (tertiary alicyclic amines) is 1. The van der Waals surface area contributed by atoms with Crippen LogP contribution in [0.2, 0.25) is 5.82 Å². The van der Waals surface area contributed by atoms with Gasteiger partial charge >= 0.3 is 7.12 Å². The molecule has 1 unspecified atom stereocenters. The Bertz CT molecular complexity index is 535. The largest absolute Gasteiger partial charge is 0.456 e. The van der Waals surface area contributed by atoms with E-state index in [2.05, 4.69) is 5.32 Å². The molecule has 6 nitrogen and oxygen atoms in total. The van der Waals surface area contributed by atoms with E-state index >= 15 is 0 Å². The highest BCUT2D eigenvalue weighted by Gasteiger charge is 2.33. The third-order valence-electron chi connectivity index (χ3n) is 3.65. The average Bonchev–Trinajstić information content (AvgIpc) is 2.96. The van der Waals surface area contributed by atoms with Gasteiger partial charge in [-0.3, -0.25) is 9.59 Å². The molecule has 0 saturated carbocycles. The van der Waals surface area contributed by atoms with Crippen molar-refractivity contribution in [3.8, 4) is 0 Å². The molecule has 1 aromatic rings. The fraction of sp³-hybridized carbons (Fsp3) is 0.429. The Hall–Kier alpha value is -1.86. The Balaban J connectivity index is 2.06. The lowest BCUT2D eigenvalue weighted by Crippen LogP contribution is -2.30. The second kappa shape index (κ2) is 6.73. The van der Waals surface area contributed by atoms with E-state index < -0.39 is 7.12 Å². The van der Waals surface area contributed by atoms with Crippen molar-refractivity contribution >= 4 is 24.6 Å². The Kier molecular flexibility index (Phi) is 4.98. The van der Waals surface area contributed by atoms with Crippen LogP contribution in [-0.4, -0.2) is 47.0 Å². The minimum atomic E-state index is -1.39. The van der Waals surface area contributed by atoms with E-state index in [1.807, 2.05) is 0 Å². The van der Waals surface area contributed by atoms with E-state index in [0.29, 0.717) is 37.2 Å². The summed E-state index contributed by atoms with van der Waals surface area (Å²) in [5.74, 6) is -0.563. The van der Waals surface area contributed by atoms with Gasteiger partial charge in [-0.05, 0) is 24.6 Å². The summed E-state index contributed by atoms with van der Waals surface area (Å²) in [4.78, 5) is 25.3. The molecule has 2 rings (SSSR count). The summed E-state index contributed by atoms with van der Waals surface area (Å²) >= 11 is 0. The van der Waals surface area contributed by atoms with Crippen LogP contribution in [0.25, 0.3) is 0 Å². The topological polar surface area (TPSA) is 89.9 Å². The fourth-order valence-corrected chi connectivity index (χ4v) is 2.38. The molecule has 0 radical (unpaired) electrons. The van der Waals surface area contributed by atoms with Crippen molar-refractivity contribution in [1.29, 1.82) is 0 Å². The van der Waals surface area contributed by atoms with Gasteiger partial charge in [0.1, 0.15) is 0 Å². The maximum Gasteiger partial charge on any atom is 0.456 e. The molecule has 1 fully saturated rings. The van der Waals surface area contributed by atoms with Crippen LogP contribution in [0, 0.1) is 0 Å². The number of anilines is 1. The Morgan fingerprint density at radius 3 is 2.81 bits per heavy atom. The summed E-state index contributed by atoms with van der Waals surface area (Å²) in [6, 6.07) is 6.77. The van der Waals surface area contributed by atoms with Gasteiger partial charge in [-0.15, -0.1) is 0 Å². The van der Waals surface area contributed by atoms with E-state index in [4.69, 9.17) is 10.0 Å². The number of nitrogens with zero attached hydrogens (tertiary/aromatic N) is 1. The Morgan fingerprint density at radius 1 is 1.43 bits per heavy atom. The molecule has 1 aromatic carbocycles. The normalized spacial score (nSPS) is 17.7. The first-order chi connectivity index (χ1) is 10.0. The van der Waals surface area contributed by atoms with E-state index in [9.17, 15) is 9.59 Å². The third kappa shape index (κ3) is 3.83. The summed E-state index contributed by atoms with van der Waals surface area (Å²) < 4.78 is 0. The lowest BCUT2D eigenvalue weighted by Gasteiger charge is -2.17. The van der Waals surface area contributed by atoms with Gasteiger partial charge in [0, 0.05) is 36.6 Å². The number of amides is 2. The van der Waals surface area contributed by atoms with Gasteiger partial charge in [0.05, 0.1) is 0 Å². The summed E-state index contributed by atoms with van der Waals surface area (Å²) in [7, 11) is -1.39. The Labute approximate surface area is 123 Å². The van der Waals surface area contributed by atoms with Gasteiger partial charge in [0.25, 0.3) is 5.91 Å². The molecule has 1 aliphatic rings. The second-order valence-corrected chi connectivity index (χ2v) is 5.20. The van der Waals surface area contributed by atoms with Crippen LogP contribution in [0.1, 0.15) is 30.1 Å². The fourth-order valence-electron chi connectivity index (χ4n) is 2.38. The molecule has 1 atom stereocenters. The van der Waals surface area contributed by atoms with Crippen molar-refractivity contribution in [3.05, 3.63) is 29.8 Å². The van der Waals surface area contributed by atoms with E-state index in [-0.39, 0.29) is 17.6 Å². The van der Waals surface area contributed by atoms with Crippen LogP contribution in [-0.2, 0) is 4.79 Å². The van der Waals surface area contributed by atoms with Crippen molar-refractivity contribution in [2.45, 2.75) is 25.6 Å². The molecular formula is C14H19BN2O4. The van der Waals surface area contributed by atoms with Crippen LogP contribution < -0.4 is 5.32 Å². The standard InChI is InChI=1S/C14H19BN2O4/c1-2-13(18)16-12-5-3-4-10(8-12)14(19)17-7-6-11(9-17)15(20)21/h3-5,8,11,20-21H,2,6-7,9H2,1H3,(H,16,18). The van der Waals surface area contributed by atoms with Crippen LogP contribution in [0.3, 0.4) is 0 Å². The van der Waals surface area contributed by atoms with Crippen LogP contribution >= 0.6 is 0 Å². The van der Waals surface area contributed by atoms with Crippen molar-refractivity contribution in [2.75, 3.05) is 18.4 Å². The molecule has 21 heavy (non-hydrogen) atoms. The second-order valence-electron chi connectivity index (χ2n) is 5.20. The molecule has 0 bridgehead atoms. The van der Waals surface area contributed by atoms with E-state index in [0.717, 1.165) is 0 Å². The molecular weight excluding hydrogens is 271 g/mol. The summed E-state index contributed by atoms with van der Waals surface area (Å²) in [5, 5.41) is 21.0. The molecule has 3 N–H and O–H groups in total. The lowest BCUT2D eigenvalue weighted by atomic mass is 9.72. The number of nitrogens with one attached hydrogen (secondary N) is 1. The quantitative estimate of drug-likeness (QED) is 0.713. The lowest BCUT2D eigenvalue weighted by molar-refractivity contribution is -0.115. The summed E-state index contributed by atoms with van der Waals surface area (Å²) in [6.45, 7) is 2.60. The summed E-state index contributed by atoms with van der Waals surface area (Å²) in [5.41, 5.74) is 1.07. The zero-order valence-corrected chi connectivity index (χ0v) is 12.0. The maximum atomic E-state index is 12.4. The minimum Gasteiger partial charge on any atom is -0.427 e. The van der Waals surface area contributed by atoms with Crippen LogP contribution in [0.4, 0.5) is 5.69 Å². The zero-order chi connectivity index (χ0) is 15.4. The first-order valence-electron chi connectivity index (χ1n) is 7.06. The molecule has 0 spiro atoms. The molecule has 2 amide bonds. The number of hydrogen-bond acceptors (Lipinski definition) is 4. The number of rotatable bonds is 4. The van der Waals surface area contributed by atoms with Crippen LogP contribution in [0.5, 0.6) is 0 Å². The third-order valence-corrected chi connectivity index (χ3v) is 3.65. The number of hydrogen-bond donors (Lipinski definition) is 3. The average molecular weight is 290 g/mol. The zero-order valence-electron chi connectivity index (χ0n) is 12.0. The Morgan fingerprint density at radius 2 is 2.19 bits per heavy atom. The highest BCUT2D eigenvalue weighted by Crippen LogP contribution is 2.25. The highest BCUT2D eigenvalue weighted by atomic mass is 16.4. The van der Waals surface area contributed by atoms with Crippen molar-refractivity contribution in [2.24, 2.45) is 0 Å². The molecule has 112 valence electrons. The van der Waals surface area contributed by atoms with Gasteiger partial charge < -0.3 is 20.3 Å². The van der Waals surface area contributed by atoms with Crippen molar-refractivity contribution in [3.63, 3.8) is 0 Å². The molecule has 1 heterocycles. The first-order valence-corrected chi connectivity index (χ1v) is 7.06. The minimum absolute atomic E-state index is 0.107. The predicted molar refractivity (Wildman–Crippen MR) is 79.8 cm³/mol. The van der Waals surface area contributed by atoms with Crippen molar-refractivity contribution in [1.82, 2.24) is 4.90 Å². The number of carbonyl (C=O) groups is 2. The predicted octanol–water partition coefficient (Wildman–Crippen LogP) is 0.724. The van der Waals surface area contributed by atoms with Gasteiger partial charge in [0.2, 0.25) is 5.91 Å². The van der Waals surface area contributed by atoms with Gasteiger partial charge in [-0.2, -0.15) is 0 Å². The van der Waals surface area contributed by atoms with Crippen LogP contribution in [0.15, 0.2) is 24.3 Å². The SMILES string of the molecule is CCC(=O)Nc1cccc(C(=O)N2CCC(B(O)O)C2)c1. The molecule has 0 aromatic heterocycles. The van der Waals surface area contributed by atoms with Gasteiger partial charge in [-0.25, -0.2) is 0 Å². The van der Waals surface area contributed by atoms with Gasteiger partial charge in [-0.1, -0.05) is 13.0 Å². The smallest absolute Gasteiger partial charge is 0.427 e. The summed E-state index contributed by atoms with van der Waals surface area (Å²) in [6.07, 6.45) is 0.954. The highest BCUT2D eigenvalue weighted by molar-refractivity contribution is 6.43. The molecule has 7 heteroatoms. The first kappa shape index (κ1) is 15.5. The number of benzene rings is 1. The van der Waals surface area contributed by atoms with Crippen molar-refractivity contribution < 1.29 is 19.6 Å². The molecule has 1 aliphatic heterocycles. The monoisotopic (exact) mass is 290 g/mol. The van der Waals surface area contributed by atoms with E-state index in [1.165, 1.54) is 0 Å². The van der Waals surface area contributed by atoms with E-state index in [1.54, 1.807) is 36.1 Å².